The third-order valence-corrected chi connectivity index (χ3v) is 2.33. The lowest BCUT2D eigenvalue weighted by Crippen LogP contribution is -2.28. The summed E-state index contributed by atoms with van der Waals surface area (Å²) in [5.41, 5.74) is -0.228. The number of methoxy groups -OCH3 is 1. The van der Waals surface area contributed by atoms with Crippen LogP contribution in [0.15, 0.2) is 27.8 Å². The summed E-state index contributed by atoms with van der Waals surface area (Å²) >= 11 is 0. The molecule has 2 rings (SSSR count). The number of hydrogen-bond acceptors (Lipinski definition) is 3. The monoisotopic (exact) mass is 206 g/mol. The van der Waals surface area contributed by atoms with Gasteiger partial charge in [-0.1, -0.05) is 0 Å². The van der Waals surface area contributed by atoms with Crippen LogP contribution in [0.4, 0.5) is 0 Å². The zero-order chi connectivity index (χ0) is 11.0. The van der Waals surface area contributed by atoms with Gasteiger partial charge in [-0.2, -0.15) is 0 Å². The second-order valence-corrected chi connectivity index (χ2v) is 3.20. The number of aromatic amines is 1. The predicted octanol–water partition coefficient (Wildman–Crippen LogP) is 0.235. The van der Waals surface area contributed by atoms with Crippen LogP contribution in [0.1, 0.15) is 0 Å². The highest BCUT2D eigenvalue weighted by Gasteiger charge is 2.04. The van der Waals surface area contributed by atoms with Crippen molar-refractivity contribution in [2.75, 3.05) is 7.11 Å². The number of hydrogen-bond donors (Lipinski definition) is 1. The normalized spacial score (nSPS) is 10.5. The summed E-state index contributed by atoms with van der Waals surface area (Å²) in [5.74, 6) is 0.589. The largest absolute Gasteiger partial charge is 0.497 e. The molecule has 15 heavy (non-hydrogen) atoms. The molecule has 0 radical (unpaired) electrons. The Morgan fingerprint density at radius 2 is 2.07 bits per heavy atom. The van der Waals surface area contributed by atoms with Gasteiger partial charge >= 0.3 is 5.69 Å². The van der Waals surface area contributed by atoms with Gasteiger partial charge in [-0.05, 0) is 18.2 Å². The lowest BCUT2D eigenvalue weighted by atomic mass is 10.2. The molecule has 0 unspecified atom stereocenters. The second kappa shape index (κ2) is 3.27. The van der Waals surface area contributed by atoms with E-state index in [0.717, 1.165) is 0 Å². The molecule has 0 atom stereocenters. The van der Waals surface area contributed by atoms with Crippen molar-refractivity contribution in [2.45, 2.75) is 0 Å². The molecule has 0 aliphatic heterocycles. The van der Waals surface area contributed by atoms with Crippen molar-refractivity contribution >= 4 is 10.9 Å². The highest BCUT2D eigenvalue weighted by molar-refractivity contribution is 5.79. The van der Waals surface area contributed by atoms with Crippen LogP contribution in [-0.2, 0) is 7.05 Å². The maximum Gasteiger partial charge on any atom is 0.328 e. The van der Waals surface area contributed by atoms with Gasteiger partial charge in [-0.25, -0.2) is 4.79 Å². The Kier molecular flexibility index (Phi) is 2.07. The minimum Gasteiger partial charge on any atom is -0.497 e. The topological polar surface area (TPSA) is 64.1 Å². The summed E-state index contributed by atoms with van der Waals surface area (Å²) in [6.07, 6.45) is 0. The van der Waals surface area contributed by atoms with E-state index < -0.39 is 11.2 Å². The molecular formula is C10H10N2O3. The number of nitrogens with zero attached hydrogens (tertiary/aromatic N) is 1. The quantitative estimate of drug-likeness (QED) is 0.726. The van der Waals surface area contributed by atoms with E-state index in [0.29, 0.717) is 16.7 Å². The van der Waals surface area contributed by atoms with Crippen molar-refractivity contribution in [3.8, 4) is 5.75 Å². The summed E-state index contributed by atoms with van der Waals surface area (Å²) in [6, 6.07) is 5.00. The van der Waals surface area contributed by atoms with Crippen LogP contribution < -0.4 is 16.0 Å². The van der Waals surface area contributed by atoms with E-state index in [1.54, 1.807) is 25.2 Å². The lowest BCUT2D eigenvalue weighted by molar-refractivity contribution is 0.415. The van der Waals surface area contributed by atoms with Crippen molar-refractivity contribution in [3.63, 3.8) is 0 Å². The fraction of sp³-hybridized carbons (Fsp3) is 0.200. The third-order valence-electron chi connectivity index (χ3n) is 2.33. The maximum absolute atomic E-state index is 11.5. The highest BCUT2D eigenvalue weighted by atomic mass is 16.5. The minimum absolute atomic E-state index is 0.396. The SMILES string of the molecule is COc1ccc2c(c1)c(=O)[nH]c(=O)n2C. The molecule has 5 heteroatoms. The second-order valence-electron chi connectivity index (χ2n) is 3.20. The van der Waals surface area contributed by atoms with Crippen molar-refractivity contribution in [2.24, 2.45) is 7.05 Å². The van der Waals surface area contributed by atoms with E-state index in [-0.39, 0.29) is 0 Å². The van der Waals surface area contributed by atoms with Gasteiger partial charge in [0.05, 0.1) is 18.0 Å². The van der Waals surface area contributed by atoms with Crippen LogP contribution in [0.5, 0.6) is 5.75 Å². The van der Waals surface area contributed by atoms with E-state index in [4.69, 9.17) is 4.74 Å². The Morgan fingerprint density at radius 1 is 1.33 bits per heavy atom. The fourth-order valence-electron chi connectivity index (χ4n) is 1.47. The van der Waals surface area contributed by atoms with E-state index in [1.807, 2.05) is 0 Å². The molecule has 0 saturated heterocycles. The van der Waals surface area contributed by atoms with Crippen LogP contribution in [0.2, 0.25) is 0 Å². The summed E-state index contributed by atoms with van der Waals surface area (Å²) in [4.78, 5) is 25.0. The minimum atomic E-state index is -0.419. The summed E-state index contributed by atoms with van der Waals surface area (Å²) in [7, 11) is 3.13. The first kappa shape index (κ1) is 9.51. The van der Waals surface area contributed by atoms with Gasteiger partial charge in [0.1, 0.15) is 5.75 Å². The van der Waals surface area contributed by atoms with E-state index >= 15 is 0 Å². The van der Waals surface area contributed by atoms with Crippen molar-refractivity contribution < 1.29 is 4.74 Å². The summed E-state index contributed by atoms with van der Waals surface area (Å²) in [5, 5.41) is 0.441. The van der Waals surface area contributed by atoms with Crippen molar-refractivity contribution in [1.82, 2.24) is 9.55 Å². The van der Waals surface area contributed by atoms with Crippen LogP contribution in [0, 0.1) is 0 Å². The predicted molar refractivity (Wildman–Crippen MR) is 56.4 cm³/mol. The third kappa shape index (κ3) is 1.41. The molecule has 0 aliphatic rings. The first-order valence-corrected chi connectivity index (χ1v) is 4.40. The number of fused-ring (bicyclic) bond motifs is 1. The molecule has 1 heterocycles. The molecule has 0 bridgehead atoms. The van der Waals surface area contributed by atoms with Gasteiger partial charge in [0.2, 0.25) is 0 Å². The Labute approximate surface area is 84.9 Å². The molecule has 1 aromatic heterocycles. The smallest absolute Gasteiger partial charge is 0.328 e. The van der Waals surface area contributed by atoms with Crippen LogP contribution in [0.25, 0.3) is 10.9 Å². The Hall–Kier alpha value is -2.04. The van der Waals surface area contributed by atoms with E-state index in [2.05, 4.69) is 4.98 Å². The molecule has 0 fully saturated rings. The zero-order valence-electron chi connectivity index (χ0n) is 8.40. The highest BCUT2D eigenvalue weighted by Crippen LogP contribution is 2.15. The number of H-pyrrole nitrogens is 1. The van der Waals surface area contributed by atoms with Crippen LogP contribution in [0.3, 0.4) is 0 Å². The van der Waals surface area contributed by atoms with Gasteiger partial charge in [0, 0.05) is 7.05 Å². The summed E-state index contributed by atoms with van der Waals surface area (Å²) < 4.78 is 6.39. The fourth-order valence-corrected chi connectivity index (χ4v) is 1.47. The lowest BCUT2D eigenvalue weighted by Gasteiger charge is -2.04. The van der Waals surface area contributed by atoms with Crippen LogP contribution >= 0.6 is 0 Å². The molecule has 78 valence electrons. The molecule has 0 amide bonds. The molecule has 0 saturated carbocycles. The number of ether oxygens (including phenoxy) is 1. The molecule has 5 nitrogen and oxygen atoms in total. The molecule has 1 N–H and O–H groups in total. The van der Waals surface area contributed by atoms with Crippen LogP contribution in [-0.4, -0.2) is 16.7 Å². The number of rotatable bonds is 1. The first-order valence-electron chi connectivity index (χ1n) is 4.40. The van der Waals surface area contributed by atoms with E-state index in [1.165, 1.54) is 11.7 Å². The van der Waals surface area contributed by atoms with Gasteiger partial charge in [-0.3, -0.25) is 14.3 Å². The summed E-state index contributed by atoms with van der Waals surface area (Å²) in [6.45, 7) is 0. The average molecular weight is 206 g/mol. The average Bonchev–Trinajstić information content (AvgIpc) is 2.25. The number of aryl methyl sites for hydroxylation is 1. The first-order chi connectivity index (χ1) is 7.13. The van der Waals surface area contributed by atoms with Gasteiger partial charge in [0.15, 0.2) is 0 Å². The van der Waals surface area contributed by atoms with Crippen molar-refractivity contribution in [1.29, 1.82) is 0 Å². The number of aromatic nitrogens is 2. The maximum atomic E-state index is 11.5. The molecular weight excluding hydrogens is 196 g/mol. The van der Waals surface area contributed by atoms with E-state index in [9.17, 15) is 9.59 Å². The Balaban J connectivity index is 2.96. The Bertz CT molecular complexity index is 625. The zero-order valence-corrected chi connectivity index (χ0v) is 8.40. The Morgan fingerprint density at radius 3 is 2.73 bits per heavy atom. The molecule has 1 aromatic carbocycles. The molecule has 0 spiro atoms. The molecule has 0 aliphatic carbocycles. The van der Waals surface area contributed by atoms with Gasteiger partial charge in [0.25, 0.3) is 5.56 Å². The molecule has 2 aromatic rings. The van der Waals surface area contributed by atoms with Gasteiger partial charge < -0.3 is 4.74 Å². The van der Waals surface area contributed by atoms with Crippen molar-refractivity contribution in [3.05, 3.63) is 39.0 Å². The number of nitrogens with one attached hydrogen (secondary N) is 1. The van der Waals surface area contributed by atoms with Gasteiger partial charge in [-0.15, -0.1) is 0 Å². The number of benzene rings is 1. The standard InChI is InChI=1S/C10H10N2O3/c1-12-8-4-3-6(15-2)5-7(8)9(13)11-10(12)14/h3-5H,1-2H3,(H,11,13,14).